The van der Waals surface area contributed by atoms with Crippen molar-refractivity contribution in [2.75, 3.05) is 20.3 Å². The van der Waals surface area contributed by atoms with Gasteiger partial charge in [-0.05, 0) is 30.9 Å². The molecule has 1 aromatic rings. The highest BCUT2D eigenvalue weighted by atomic mass is 16.5. The van der Waals surface area contributed by atoms with Gasteiger partial charge in [0.05, 0.1) is 6.07 Å². The SMILES string of the molecule is Cc1ccccc1CN(C)C(=O)C1(C#N)CCOCC1. The van der Waals surface area contributed by atoms with E-state index in [0.717, 1.165) is 11.1 Å². The summed E-state index contributed by atoms with van der Waals surface area (Å²) < 4.78 is 5.27. The Labute approximate surface area is 120 Å². The summed E-state index contributed by atoms with van der Waals surface area (Å²) in [7, 11) is 1.77. The quantitative estimate of drug-likeness (QED) is 0.848. The smallest absolute Gasteiger partial charge is 0.243 e. The largest absolute Gasteiger partial charge is 0.381 e. The number of hydrogen-bond acceptors (Lipinski definition) is 3. The molecular formula is C16H20N2O2. The van der Waals surface area contributed by atoms with E-state index in [0.29, 0.717) is 32.6 Å². The van der Waals surface area contributed by atoms with Crippen LogP contribution in [0.4, 0.5) is 0 Å². The number of nitrogens with zero attached hydrogens (tertiary/aromatic N) is 2. The van der Waals surface area contributed by atoms with Gasteiger partial charge in [0.2, 0.25) is 5.91 Å². The lowest BCUT2D eigenvalue weighted by Crippen LogP contribution is -2.44. The van der Waals surface area contributed by atoms with Crippen molar-refractivity contribution in [3.8, 4) is 6.07 Å². The maximum Gasteiger partial charge on any atom is 0.243 e. The molecule has 1 aliphatic heterocycles. The second kappa shape index (κ2) is 6.06. The van der Waals surface area contributed by atoms with Gasteiger partial charge in [-0.2, -0.15) is 5.26 Å². The van der Waals surface area contributed by atoms with Crippen LogP contribution in [0.5, 0.6) is 0 Å². The lowest BCUT2D eigenvalue weighted by atomic mass is 9.80. The number of benzene rings is 1. The van der Waals surface area contributed by atoms with Crippen molar-refractivity contribution in [3.05, 3.63) is 35.4 Å². The van der Waals surface area contributed by atoms with Crippen molar-refractivity contribution in [1.29, 1.82) is 5.26 Å². The Bertz CT molecular complexity index is 528. The summed E-state index contributed by atoms with van der Waals surface area (Å²) in [6, 6.07) is 10.2. The Hall–Kier alpha value is -1.86. The standard InChI is InChI=1S/C16H20N2O2/c1-13-5-3-4-6-14(13)11-18(2)15(19)16(12-17)7-9-20-10-8-16/h3-6H,7-11H2,1-2H3. The molecule has 1 amide bonds. The predicted molar refractivity (Wildman–Crippen MR) is 75.8 cm³/mol. The van der Waals surface area contributed by atoms with E-state index < -0.39 is 5.41 Å². The molecule has 0 saturated carbocycles. The molecule has 2 rings (SSSR count). The van der Waals surface area contributed by atoms with Crippen molar-refractivity contribution in [1.82, 2.24) is 4.90 Å². The first-order valence-corrected chi connectivity index (χ1v) is 6.88. The molecule has 20 heavy (non-hydrogen) atoms. The Morgan fingerprint density at radius 3 is 2.65 bits per heavy atom. The molecule has 106 valence electrons. The first kappa shape index (κ1) is 14.5. The van der Waals surface area contributed by atoms with Gasteiger partial charge in [0.1, 0.15) is 5.41 Å². The van der Waals surface area contributed by atoms with Crippen LogP contribution in [0.3, 0.4) is 0 Å². The van der Waals surface area contributed by atoms with Gasteiger partial charge in [0.25, 0.3) is 0 Å². The number of carbonyl (C=O) groups is 1. The zero-order chi connectivity index (χ0) is 14.6. The van der Waals surface area contributed by atoms with Gasteiger partial charge in [-0.3, -0.25) is 4.79 Å². The normalized spacial score (nSPS) is 17.2. The Balaban J connectivity index is 2.12. The van der Waals surface area contributed by atoms with E-state index in [9.17, 15) is 10.1 Å². The van der Waals surface area contributed by atoms with Crippen LogP contribution < -0.4 is 0 Å². The minimum absolute atomic E-state index is 0.0912. The molecule has 0 radical (unpaired) electrons. The summed E-state index contributed by atoms with van der Waals surface area (Å²) in [6.07, 6.45) is 0.973. The molecule has 1 fully saturated rings. The molecular weight excluding hydrogens is 252 g/mol. The third-order valence-corrected chi connectivity index (χ3v) is 3.99. The molecule has 0 aliphatic carbocycles. The Morgan fingerprint density at radius 1 is 1.40 bits per heavy atom. The van der Waals surface area contributed by atoms with Crippen LogP contribution in [-0.4, -0.2) is 31.1 Å². The van der Waals surface area contributed by atoms with Gasteiger partial charge < -0.3 is 9.64 Å². The molecule has 1 saturated heterocycles. The average molecular weight is 272 g/mol. The van der Waals surface area contributed by atoms with Crippen LogP contribution in [0.25, 0.3) is 0 Å². The lowest BCUT2D eigenvalue weighted by molar-refractivity contribution is -0.142. The highest BCUT2D eigenvalue weighted by Gasteiger charge is 2.42. The van der Waals surface area contributed by atoms with Gasteiger partial charge in [-0.1, -0.05) is 24.3 Å². The number of aryl methyl sites for hydroxylation is 1. The molecule has 0 spiro atoms. The van der Waals surface area contributed by atoms with Crippen molar-refractivity contribution < 1.29 is 9.53 Å². The highest BCUT2D eigenvalue weighted by molar-refractivity contribution is 5.85. The maximum absolute atomic E-state index is 12.6. The molecule has 0 unspecified atom stereocenters. The summed E-state index contributed by atoms with van der Waals surface area (Å²) in [5, 5.41) is 9.43. The zero-order valence-corrected chi connectivity index (χ0v) is 12.1. The molecule has 1 aromatic carbocycles. The Morgan fingerprint density at radius 2 is 2.05 bits per heavy atom. The van der Waals surface area contributed by atoms with Crippen LogP contribution in [0, 0.1) is 23.7 Å². The highest BCUT2D eigenvalue weighted by Crippen LogP contribution is 2.32. The fourth-order valence-corrected chi connectivity index (χ4v) is 2.57. The third-order valence-electron chi connectivity index (χ3n) is 3.99. The van der Waals surface area contributed by atoms with Crippen LogP contribution in [0.1, 0.15) is 24.0 Å². The summed E-state index contributed by atoms with van der Waals surface area (Å²) in [5.41, 5.74) is 1.36. The number of amides is 1. The van der Waals surface area contributed by atoms with Crippen LogP contribution in [0.15, 0.2) is 24.3 Å². The maximum atomic E-state index is 12.6. The van der Waals surface area contributed by atoms with Crippen molar-refractivity contribution in [2.24, 2.45) is 5.41 Å². The number of rotatable bonds is 3. The molecule has 4 heteroatoms. The first-order valence-electron chi connectivity index (χ1n) is 6.88. The van der Waals surface area contributed by atoms with E-state index in [-0.39, 0.29) is 5.91 Å². The van der Waals surface area contributed by atoms with Crippen molar-refractivity contribution >= 4 is 5.91 Å². The van der Waals surface area contributed by atoms with Crippen LogP contribution in [0.2, 0.25) is 0 Å². The van der Waals surface area contributed by atoms with Crippen molar-refractivity contribution in [3.63, 3.8) is 0 Å². The van der Waals surface area contributed by atoms with Gasteiger partial charge >= 0.3 is 0 Å². The summed E-state index contributed by atoms with van der Waals surface area (Å²) >= 11 is 0. The molecule has 0 N–H and O–H groups in total. The minimum Gasteiger partial charge on any atom is -0.381 e. The Kier molecular flexibility index (Phi) is 4.41. The van der Waals surface area contributed by atoms with Crippen molar-refractivity contribution in [2.45, 2.75) is 26.3 Å². The number of carbonyl (C=O) groups excluding carboxylic acids is 1. The van der Waals surface area contributed by atoms with E-state index in [4.69, 9.17) is 4.74 Å². The second-order valence-electron chi connectivity index (χ2n) is 5.39. The monoisotopic (exact) mass is 272 g/mol. The van der Waals surface area contributed by atoms with E-state index in [1.165, 1.54) is 0 Å². The minimum atomic E-state index is -0.907. The van der Waals surface area contributed by atoms with Gasteiger partial charge in [-0.25, -0.2) is 0 Å². The third kappa shape index (κ3) is 2.83. The molecule has 1 heterocycles. The summed E-state index contributed by atoms with van der Waals surface area (Å²) in [6.45, 7) is 3.53. The number of nitriles is 1. The molecule has 0 aromatic heterocycles. The van der Waals surface area contributed by atoms with E-state index in [1.54, 1.807) is 11.9 Å². The van der Waals surface area contributed by atoms with Gasteiger partial charge in [-0.15, -0.1) is 0 Å². The van der Waals surface area contributed by atoms with E-state index in [2.05, 4.69) is 6.07 Å². The van der Waals surface area contributed by atoms with E-state index in [1.807, 2.05) is 31.2 Å². The van der Waals surface area contributed by atoms with Gasteiger partial charge in [0, 0.05) is 26.8 Å². The molecule has 1 aliphatic rings. The summed E-state index contributed by atoms with van der Waals surface area (Å²) in [5.74, 6) is -0.0912. The van der Waals surface area contributed by atoms with Gasteiger partial charge in [0.15, 0.2) is 0 Å². The zero-order valence-electron chi connectivity index (χ0n) is 12.1. The average Bonchev–Trinajstić information content (AvgIpc) is 2.49. The fraction of sp³-hybridized carbons (Fsp3) is 0.500. The lowest BCUT2D eigenvalue weighted by Gasteiger charge is -2.33. The van der Waals surface area contributed by atoms with E-state index >= 15 is 0 Å². The second-order valence-corrected chi connectivity index (χ2v) is 5.39. The number of hydrogen-bond donors (Lipinski definition) is 0. The summed E-state index contributed by atoms with van der Waals surface area (Å²) in [4.78, 5) is 14.3. The van der Waals surface area contributed by atoms with Crippen LogP contribution in [-0.2, 0) is 16.1 Å². The number of ether oxygens (including phenoxy) is 1. The van der Waals surface area contributed by atoms with Crippen LogP contribution >= 0.6 is 0 Å². The predicted octanol–water partition coefficient (Wildman–Crippen LogP) is 2.27. The molecule has 4 nitrogen and oxygen atoms in total. The first-order chi connectivity index (χ1) is 9.59. The topological polar surface area (TPSA) is 53.3 Å². The molecule has 0 atom stereocenters. The molecule has 0 bridgehead atoms. The fourth-order valence-electron chi connectivity index (χ4n) is 2.57.